The number of nitrogens with one attached hydrogen (secondary N) is 1. The highest BCUT2D eigenvalue weighted by molar-refractivity contribution is 6.31. The van der Waals surface area contributed by atoms with E-state index in [1.807, 2.05) is 25.1 Å². The summed E-state index contributed by atoms with van der Waals surface area (Å²) in [7, 11) is 0. The molecular formula is C15H19ClN2O. The first-order valence-corrected chi connectivity index (χ1v) is 6.46. The number of rotatable bonds is 7. The number of amides is 1. The zero-order chi connectivity index (χ0) is 14.3. The number of carbonyl (C=O) groups excluding carboxylic acids is 1. The van der Waals surface area contributed by atoms with Crippen LogP contribution in [0.2, 0.25) is 5.02 Å². The van der Waals surface area contributed by atoms with Gasteiger partial charge in [-0.3, -0.25) is 4.79 Å². The summed E-state index contributed by atoms with van der Waals surface area (Å²) in [5.41, 5.74) is 1.85. The molecule has 0 saturated carbocycles. The fourth-order valence-electron chi connectivity index (χ4n) is 1.58. The highest BCUT2D eigenvalue weighted by Crippen LogP contribution is 2.19. The number of carbonyl (C=O) groups is 1. The molecule has 1 N–H and O–H groups in total. The largest absolute Gasteiger partial charge is 0.376 e. The molecule has 19 heavy (non-hydrogen) atoms. The molecule has 0 aliphatic rings. The van der Waals surface area contributed by atoms with Crippen LogP contribution in [-0.4, -0.2) is 30.4 Å². The van der Waals surface area contributed by atoms with Gasteiger partial charge in [-0.05, 0) is 24.6 Å². The Morgan fingerprint density at radius 2 is 2.00 bits per heavy atom. The van der Waals surface area contributed by atoms with Crippen molar-refractivity contribution in [3.63, 3.8) is 0 Å². The standard InChI is InChI=1S/C15H19ClN2O/c1-4-8-18(9-5-2)15(19)11-17-13-7-6-12(3)14(16)10-13/h4-7,10,17H,1-2,8-9,11H2,3H3. The Kier molecular flexibility index (Phi) is 6.16. The number of hydrogen-bond donors (Lipinski definition) is 1. The second kappa shape index (κ2) is 7.64. The Morgan fingerprint density at radius 1 is 1.37 bits per heavy atom. The molecule has 1 aromatic carbocycles. The van der Waals surface area contributed by atoms with Gasteiger partial charge in [0.25, 0.3) is 0 Å². The minimum Gasteiger partial charge on any atom is -0.376 e. The number of aryl methyl sites for hydroxylation is 1. The lowest BCUT2D eigenvalue weighted by Crippen LogP contribution is -2.35. The lowest BCUT2D eigenvalue weighted by molar-refractivity contribution is -0.128. The van der Waals surface area contributed by atoms with Crippen LogP contribution >= 0.6 is 11.6 Å². The highest BCUT2D eigenvalue weighted by atomic mass is 35.5. The zero-order valence-electron chi connectivity index (χ0n) is 11.2. The van der Waals surface area contributed by atoms with E-state index in [0.29, 0.717) is 18.1 Å². The number of nitrogens with zero attached hydrogens (tertiary/aromatic N) is 1. The van der Waals surface area contributed by atoms with E-state index in [1.54, 1.807) is 17.1 Å². The average Bonchev–Trinajstić information content (AvgIpc) is 2.39. The van der Waals surface area contributed by atoms with Crippen LogP contribution in [-0.2, 0) is 4.79 Å². The molecular weight excluding hydrogens is 260 g/mol. The first-order chi connectivity index (χ1) is 9.08. The summed E-state index contributed by atoms with van der Waals surface area (Å²) in [5.74, 6) is -0.00324. The van der Waals surface area contributed by atoms with E-state index in [-0.39, 0.29) is 12.5 Å². The van der Waals surface area contributed by atoms with Crippen LogP contribution in [0, 0.1) is 6.92 Å². The van der Waals surface area contributed by atoms with Crippen molar-refractivity contribution in [2.45, 2.75) is 6.92 Å². The molecule has 0 unspecified atom stereocenters. The summed E-state index contributed by atoms with van der Waals surface area (Å²) in [6.45, 7) is 10.5. The van der Waals surface area contributed by atoms with Gasteiger partial charge in [-0.15, -0.1) is 13.2 Å². The second-order valence-corrected chi connectivity index (χ2v) is 4.60. The molecule has 0 aromatic heterocycles. The third-order valence-corrected chi connectivity index (χ3v) is 3.07. The van der Waals surface area contributed by atoms with Crippen molar-refractivity contribution in [2.24, 2.45) is 0 Å². The summed E-state index contributed by atoms with van der Waals surface area (Å²) in [6.07, 6.45) is 3.40. The summed E-state index contributed by atoms with van der Waals surface area (Å²) in [6, 6.07) is 5.63. The minimum atomic E-state index is -0.00324. The number of halogens is 1. The smallest absolute Gasteiger partial charge is 0.242 e. The maximum Gasteiger partial charge on any atom is 0.242 e. The molecule has 0 fully saturated rings. The van der Waals surface area contributed by atoms with Crippen LogP contribution < -0.4 is 5.32 Å². The van der Waals surface area contributed by atoms with E-state index in [9.17, 15) is 4.79 Å². The highest BCUT2D eigenvalue weighted by Gasteiger charge is 2.10. The fraction of sp³-hybridized carbons (Fsp3) is 0.267. The van der Waals surface area contributed by atoms with Crippen LogP contribution in [0.3, 0.4) is 0 Å². The molecule has 0 atom stereocenters. The summed E-state index contributed by atoms with van der Waals surface area (Å²) in [4.78, 5) is 13.7. The van der Waals surface area contributed by atoms with Crippen molar-refractivity contribution in [3.8, 4) is 0 Å². The van der Waals surface area contributed by atoms with Gasteiger partial charge in [0.2, 0.25) is 5.91 Å². The molecule has 0 heterocycles. The van der Waals surface area contributed by atoms with Crippen LogP contribution in [0.1, 0.15) is 5.56 Å². The quantitative estimate of drug-likeness (QED) is 0.777. The Hall–Kier alpha value is -1.74. The third-order valence-electron chi connectivity index (χ3n) is 2.67. The Morgan fingerprint density at radius 3 is 2.53 bits per heavy atom. The van der Waals surface area contributed by atoms with Gasteiger partial charge in [-0.2, -0.15) is 0 Å². The third kappa shape index (κ3) is 4.79. The Bertz CT molecular complexity index is 461. The molecule has 0 radical (unpaired) electrons. The van der Waals surface area contributed by atoms with Gasteiger partial charge < -0.3 is 10.2 Å². The summed E-state index contributed by atoms with van der Waals surface area (Å²) < 4.78 is 0. The van der Waals surface area contributed by atoms with Crippen molar-refractivity contribution in [2.75, 3.05) is 25.0 Å². The molecule has 1 rings (SSSR count). The van der Waals surface area contributed by atoms with Gasteiger partial charge in [0, 0.05) is 23.8 Å². The van der Waals surface area contributed by atoms with Crippen molar-refractivity contribution >= 4 is 23.2 Å². The molecule has 0 spiro atoms. The van der Waals surface area contributed by atoms with Gasteiger partial charge in [0.15, 0.2) is 0 Å². The summed E-state index contributed by atoms with van der Waals surface area (Å²) in [5, 5.41) is 3.75. The zero-order valence-corrected chi connectivity index (χ0v) is 11.9. The topological polar surface area (TPSA) is 32.3 Å². The Labute approximate surface area is 119 Å². The van der Waals surface area contributed by atoms with Crippen molar-refractivity contribution in [1.29, 1.82) is 0 Å². The van der Waals surface area contributed by atoms with E-state index in [4.69, 9.17) is 11.6 Å². The SMILES string of the molecule is C=CCN(CC=C)C(=O)CNc1ccc(C)c(Cl)c1. The van der Waals surface area contributed by atoms with Crippen LogP contribution in [0.15, 0.2) is 43.5 Å². The average molecular weight is 279 g/mol. The fourth-order valence-corrected chi connectivity index (χ4v) is 1.76. The van der Waals surface area contributed by atoms with Gasteiger partial charge >= 0.3 is 0 Å². The van der Waals surface area contributed by atoms with E-state index < -0.39 is 0 Å². The van der Waals surface area contributed by atoms with E-state index in [2.05, 4.69) is 18.5 Å². The van der Waals surface area contributed by atoms with Gasteiger partial charge in [-0.25, -0.2) is 0 Å². The second-order valence-electron chi connectivity index (χ2n) is 4.19. The first-order valence-electron chi connectivity index (χ1n) is 6.08. The maximum atomic E-state index is 12.0. The van der Waals surface area contributed by atoms with Gasteiger partial charge in [0.05, 0.1) is 6.54 Å². The van der Waals surface area contributed by atoms with Crippen LogP contribution in [0.25, 0.3) is 0 Å². The molecule has 0 bridgehead atoms. The normalized spacial score (nSPS) is 9.79. The van der Waals surface area contributed by atoms with E-state index in [0.717, 1.165) is 11.3 Å². The van der Waals surface area contributed by atoms with Crippen molar-refractivity contribution in [1.82, 2.24) is 4.90 Å². The van der Waals surface area contributed by atoms with Gasteiger partial charge in [-0.1, -0.05) is 29.8 Å². The maximum absolute atomic E-state index is 12.0. The monoisotopic (exact) mass is 278 g/mol. The molecule has 1 aromatic rings. The van der Waals surface area contributed by atoms with Crippen molar-refractivity contribution in [3.05, 3.63) is 54.1 Å². The number of benzene rings is 1. The molecule has 0 aliphatic heterocycles. The van der Waals surface area contributed by atoms with Crippen LogP contribution in [0.4, 0.5) is 5.69 Å². The van der Waals surface area contributed by atoms with E-state index >= 15 is 0 Å². The molecule has 4 heteroatoms. The number of hydrogen-bond acceptors (Lipinski definition) is 2. The first kappa shape index (κ1) is 15.3. The molecule has 102 valence electrons. The molecule has 0 aliphatic carbocycles. The van der Waals surface area contributed by atoms with Gasteiger partial charge in [0.1, 0.15) is 0 Å². The van der Waals surface area contributed by atoms with Crippen molar-refractivity contribution < 1.29 is 4.79 Å². The van der Waals surface area contributed by atoms with E-state index in [1.165, 1.54) is 0 Å². The predicted octanol–water partition coefficient (Wildman–Crippen LogP) is 3.26. The lowest BCUT2D eigenvalue weighted by atomic mass is 10.2. The lowest BCUT2D eigenvalue weighted by Gasteiger charge is -2.19. The summed E-state index contributed by atoms with van der Waals surface area (Å²) >= 11 is 6.03. The molecule has 3 nitrogen and oxygen atoms in total. The number of anilines is 1. The molecule has 0 saturated heterocycles. The minimum absolute atomic E-state index is 0.00324. The Balaban J connectivity index is 2.58. The molecule has 1 amide bonds. The predicted molar refractivity (Wildman–Crippen MR) is 81.7 cm³/mol. The van der Waals surface area contributed by atoms with Crippen LogP contribution in [0.5, 0.6) is 0 Å².